The van der Waals surface area contributed by atoms with Crippen LogP contribution in [0.15, 0.2) is 24.3 Å². The largest absolute Gasteiger partial charge is 0.336 e. The summed E-state index contributed by atoms with van der Waals surface area (Å²) >= 11 is 6.08. The van der Waals surface area contributed by atoms with Crippen LogP contribution in [-0.4, -0.2) is 48.1 Å². The van der Waals surface area contributed by atoms with Crippen molar-refractivity contribution in [3.05, 3.63) is 34.9 Å². The van der Waals surface area contributed by atoms with E-state index in [0.717, 1.165) is 44.0 Å². The van der Waals surface area contributed by atoms with E-state index in [2.05, 4.69) is 23.2 Å². The van der Waals surface area contributed by atoms with Gasteiger partial charge in [0.15, 0.2) is 0 Å². The Morgan fingerprint density at radius 1 is 1.29 bits per heavy atom. The van der Waals surface area contributed by atoms with E-state index in [9.17, 15) is 4.79 Å². The Kier molecular flexibility index (Phi) is 4.36. The van der Waals surface area contributed by atoms with Crippen LogP contribution in [0, 0.1) is 0 Å². The number of nitrogens with one attached hydrogen (secondary N) is 1. The summed E-state index contributed by atoms with van der Waals surface area (Å²) in [6.45, 7) is 5.93. The topological polar surface area (TPSA) is 35.6 Å². The van der Waals surface area contributed by atoms with Gasteiger partial charge >= 0.3 is 6.03 Å². The molecule has 5 heteroatoms. The molecule has 4 nitrogen and oxygen atoms in total. The third-order valence-electron chi connectivity index (χ3n) is 4.71. The van der Waals surface area contributed by atoms with E-state index in [1.165, 1.54) is 5.56 Å². The lowest BCUT2D eigenvalue weighted by atomic mass is 9.99. The molecule has 21 heavy (non-hydrogen) atoms. The van der Waals surface area contributed by atoms with Gasteiger partial charge < -0.3 is 10.2 Å². The first-order valence-corrected chi connectivity index (χ1v) is 8.07. The SMILES string of the molecule is C[C@H](c1cccc(Cl)c1)N1CCC(N2CCNC2=O)CC1. The third kappa shape index (κ3) is 3.16. The molecule has 0 bridgehead atoms. The molecule has 0 spiro atoms. The Hall–Kier alpha value is -1.26. The molecule has 2 aliphatic heterocycles. The van der Waals surface area contributed by atoms with Crippen LogP contribution in [0.4, 0.5) is 4.79 Å². The van der Waals surface area contributed by atoms with Crippen molar-refractivity contribution in [2.75, 3.05) is 26.2 Å². The van der Waals surface area contributed by atoms with Crippen molar-refractivity contribution < 1.29 is 4.79 Å². The van der Waals surface area contributed by atoms with Gasteiger partial charge in [-0.1, -0.05) is 23.7 Å². The van der Waals surface area contributed by atoms with Gasteiger partial charge in [-0.2, -0.15) is 0 Å². The number of benzene rings is 1. The summed E-state index contributed by atoms with van der Waals surface area (Å²) in [5, 5.41) is 3.69. The number of carbonyl (C=O) groups excluding carboxylic acids is 1. The maximum Gasteiger partial charge on any atom is 0.317 e. The van der Waals surface area contributed by atoms with Gasteiger partial charge in [0.2, 0.25) is 0 Å². The molecule has 1 aromatic carbocycles. The maximum atomic E-state index is 11.7. The van der Waals surface area contributed by atoms with Gasteiger partial charge in [0.05, 0.1) is 0 Å². The average Bonchev–Trinajstić information content (AvgIpc) is 2.93. The second-order valence-electron chi connectivity index (χ2n) is 5.92. The van der Waals surface area contributed by atoms with Gasteiger partial charge in [0, 0.05) is 43.3 Å². The number of hydrogen-bond acceptors (Lipinski definition) is 2. The van der Waals surface area contributed by atoms with Crippen LogP contribution in [0.5, 0.6) is 0 Å². The maximum absolute atomic E-state index is 11.7. The number of likely N-dealkylation sites (tertiary alicyclic amines) is 1. The van der Waals surface area contributed by atoms with E-state index in [1.54, 1.807) is 0 Å². The van der Waals surface area contributed by atoms with Crippen molar-refractivity contribution in [2.45, 2.75) is 31.8 Å². The van der Waals surface area contributed by atoms with Gasteiger partial charge in [-0.25, -0.2) is 4.79 Å². The molecule has 0 saturated carbocycles. The van der Waals surface area contributed by atoms with Crippen molar-refractivity contribution in [1.82, 2.24) is 15.1 Å². The normalized spacial score (nSPS) is 22.4. The summed E-state index contributed by atoms with van der Waals surface area (Å²) in [6, 6.07) is 8.98. The zero-order valence-electron chi connectivity index (χ0n) is 12.4. The summed E-state index contributed by atoms with van der Waals surface area (Å²) in [5.41, 5.74) is 1.26. The standard InChI is InChI=1S/C16H22ClN3O/c1-12(13-3-2-4-14(17)11-13)19-8-5-15(6-9-19)20-10-7-18-16(20)21/h2-4,11-12,15H,5-10H2,1H3,(H,18,21)/t12-/m1/s1. The monoisotopic (exact) mass is 307 g/mol. The zero-order chi connectivity index (χ0) is 14.8. The van der Waals surface area contributed by atoms with Crippen LogP contribution in [0.25, 0.3) is 0 Å². The van der Waals surface area contributed by atoms with Crippen LogP contribution in [-0.2, 0) is 0 Å². The van der Waals surface area contributed by atoms with Gasteiger partial charge in [-0.15, -0.1) is 0 Å². The van der Waals surface area contributed by atoms with E-state index >= 15 is 0 Å². The zero-order valence-corrected chi connectivity index (χ0v) is 13.1. The molecule has 0 aromatic heterocycles. The number of hydrogen-bond donors (Lipinski definition) is 1. The molecule has 0 radical (unpaired) electrons. The van der Waals surface area contributed by atoms with E-state index < -0.39 is 0 Å². The van der Waals surface area contributed by atoms with Crippen LogP contribution in [0.3, 0.4) is 0 Å². The Morgan fingerprint density at radius 2 is 2.05 bits per heavy atom. The quantitative estimate of drug-likeness (QED) is 0.932. The second-order valence-corrected chi connectivity index (χ2v) is 6.36. The molecule has 2 heterocycles. The Morgan fingerprint density at radius 3 is 2.67 bits per heavy atom. The van der Waals surface area contributed by atoms with Crippen LogP contribution in [0.2, 0.25) is 5.02 Å². The molecule has 1 atom stereocenters. The Bertz CT molecular complexity index is 514. The van der Waals surface area contributed by atoms with Gasteiger partial charge in [0.25, 0.3) is 0 Å². The van der Waals surface area contributed by atoms with Gasteiger partial charge in [0.1, 0.15) is 0 Å². The fourth-order valence-corrected chi connectivity index (χ4v) is 3.60. The number of nitrogens with zero attached hydrogens (tertiary/aromatic N) is 2. The minimum absolute atomic E-state index is 0.108. The molecular weight excluding hydrogens is 286 g/mol. The van der Waals surface area contributed by atoms with Crippen LogP contribution in [0.1, 0.15) is 31.4 Å². The molecule has 0 aliphatic carbocycles. The smallest absolute Gasteiger partial charge is 0.317 e. The van der Waals surface area contributed by atoms with Gasteiger partial charge in [-0.05, 0) is 37.5 Å². The van der Waals surface area contributed by atoms with Crippen molar-refractivity contribution >= 4 is 17.6 Å². The number of carbonyl (C=O) groups is 1. The predicted octanol–water partition coefficient (Wildman–Crippen LogP) is 2.89. The number of urea groups is 1. The summed E-state index contributed by atoms with van der Waals surface area (Å²) in [6.07, 6.45) is 2.11. The van der Waals surface area contributed by atoms with Crippen molar-refractivity contribution in [3.63, 3.8) is 0 Å². The number of rotatable bonds is 3. The number of amides is 2. The average molecular weight is 308 g/mol. The van der Waals surface area contributed by atoms with Crippen LogP contribution >= 0.6 is 11.6 Å². The lowest BCUT2D eigenvalue weighted by Gasteiger charge is -2.39. The highest BCUT2D eigenvalue weighted by atomic mass is 35.5. The van der Waals surface area contributed by atoms with Gasteiger partial charge in [-0.3, -0.25) is 4.90 Å². The van der Waals surface area contributed by atoms with E-state index in [4.69, 9.17) is 11.6 Å². The summed E-state index contributed by atoms with van der Waals surface area (Å²) < 4.78 is 0. The fraction of sp³-hybridized carbons (Fsp3) is 0.562. The lowest BCUT2D eigenvalue weighted by Crippen LogP contribution is -2.46. The minimum Gasteiger partial charge on any atom is -0.336 e. The fourth-order valence-electron chi connectivity index (χ4n) is 3.40. The third-order valence-corrected chi connectivity index (χ3v) is 4.94. The molecule has 3 rings (SSSR count). The molecule has 0 unspecified atom stereocenters. The molecule has 114 valence electrons. The highest BCUT2D eigenvalue weighted by molar-refractivity contribution is 6.30. The molecule has 2 amide bonds. The first-order valence-electron chi connectivity index (χ1n) is 7.69. The number of piperidine rings is 1. The molecule has 2 fully saturated rings. The number of halogens is 1. The van der Waals surface area contributed by atoms with E-state index in [-0.39, 0.29) is 6.03 Å². The van der Waals surface area contributed by atoms with Crippen LogP contribution < -0.4 is 5.32 Å². The predicted molar refractivity (Wildman–Crippen MR) is 84.6 cm³/mol. The summed E-state index contributed by atoms with van der Waals surface area (Å²) in [4.78, 5) is 16.2. The summed E-state index contributed by atoms with van der Waals surface area (Å²) in [7, 11) is 0. The second kappa shape index (κ2) is 6.24. The molecule has 1 aromatic rings. The Labute approximate surface area is 131 Å². The highest BCUT2D eigenvalue weighted by Gasteiger charge is 2.31. The lowest BCUT2D eigenvalue weighted by molar-refractivity contribution is 0.111. The first kappa shape index (κ1) is 14.7. The van der Waals surface area contributed by atoms with E-state index in [0.29, 0.717) is 12.1 Å². The van der Waals surface area contributed by atoms with Crippen molar-refractivity contribution in [1.29, 1.82) is 0 Å². The Balaban J connectivity index is 1.59. The molecular formula is C16H22ClN3O. The molecule has 2 aliphatic rings. The minimum atomic E-state index is 0.108. The molecule has 2 saturated heterocycles. The van der Waals surface area contributed by atoms with Crippen molar-refractivity contribution in [3.8, 4) is 0 Å². The summed E-state index contributed by atoms with van der Waals surface area (Å²) in [5.74, 6) is 0. The van der Waals surface area contributed by atoms with E-state index in [1.807, 2.05) is 23.1 Å². The molecule has 1 N–H and O–H groups in total. The highest BCUT2D eigenvalue weighted by Crippen LogP contribution is 2.27. The van der Waals surface area contributed by atoms with Crippen molar-refractivity contribution in [2.24, 2.45) is 0 Å². The first-order chi connectivity index (χ1) is 10.1.